The van der Waals surface area contributed by atoms with Gasteiger partial charge in [-0.25, -0.2) is 0 Å². The van der Waals surface area contributed by atoms with Crippen LogP contribution in [0.1, 0.15) is 70.1 Å². The van der Waals surface area contributed by atoms with Crippen LogP contribution in [0.5, 0.6) is 0 Å². The lowest BCUT2D eigenvalue weighted by Crippen LogP contribution is -2.49. The van der Waals surface area contributed by atoms with E-state index >= 15 is 0 Å². The zero-order valence-electron chi connectivity index (χ0n) is 12.5. The van der Waals surface area contributed by atoms with Crippen LogP contribution in [-0.2, 0) is 5.41 Å². The summed E-state index contributed by atoms with van der Waals surface area (Å²) in [6.45, 7) is 4.19. The van der Waals surface area contributed by atoms with Gasteiger partial charge in [0.05, 0.1) is 6.04 Å². The Labute approximate surface area is 120 Å². The molecule has 5 rings (SSSR count). The minimum Gasteiger partial charge on any atom is -0.338 e. The maximum absolute atomic E-state index is 6.15. The minimum atomic E-state index is -0.134. The molecular formula is C16H25N3O. The first-order chi connectivity index (χ1) is 9.56. The molecule has 0 saturated heterocycles. The molecule has 1 aromatic heterocycles. The molecule has 4 fully saturated rings. The Morgan fingerprint density at radius 2 is 1.65 bits per heavy atom. The van der Waals surface area contributed by atoms with Gasteiger partial charge in [0.2, 0.25) is 5.89 Å². The standard InChI is InChI=1S/C16H25N3O/c1-9(2)13(17)14-18-15(19-20-14)16-6-10-3-11(7-16)5-12(4-10)8-16/h9-13H,3-8,17H2,1-2H3. The Bertz CT molecular complexity index is 472. The van der Waals surface area contributed by atoms with E-state index in [1.165, 1.54) is 38.5 Å². The van der Waals surface area contributed by atoms with E-state index in [4.69, 9.17) is 15.2 Å². The molecule has 0 spiro atoms. The lowest BCUT2D eigenvalue weighted by Gasteiger charge is -2.55. The van der Waals surface area contributed by atoms with E-state index in [1.54, 1.807) is 0 Å². The Morgan fingerprint density at radius 3 is 2.15 bits per heavy atom. The zero-order chi connectivity index (χ0) is 13.9. The summed E-state index contributed by atoms with van der Waals surface area (Å²) in [5.74, 6) is 4.64. The van der Waals surface area contributed by atoms with Crippen molar-refractivity contribution in [2.75, 3.05) is 0 Å². The van der Waals surface area contributed by atoms with E-state index in [1.807, 2.05) is 0 Å². The van der Waals surface area contributed by atoms with Crippen molar-refractivity contribution in [3.05, 3.63) is 11.7 Å². The molecule has 4 saturated carbocycles. The molecule has 0 amide bonds. The summed E-state index contributed by atoms with van der Waals surface area (Å²) >= 11 is 0. The smallest absolute Gasteiger partial charge is 0.243 e. The summed E-state index contributed by atoms with van der Waals surface area (Å²) in [4.78, 5) is 4.72. The summed E-state index contributed by atoms with van der Waals surface area (Å²) in [6, 6.07) is -0.134. The zero-order valence-corrected chi connectivity index (χ0v) is 12.5. The van der Waals surface area contributed by atoms with E-state index < -0.39 is 0 Å². The van der Waals surface area contributed by atoms with Crippen molar-refractivity contribution in [1.82, 2.24) is 10.1 Å². The highest BCUT2D eigenvalue weighted by molar-refractivity contribution is 5.17. The second-order valence-electron chi connectivity index (χ2n) is 7.92. The molecule has 0 aromatic carbocycles. The number of hydrogen-bond donors (Lipinski definition) is 1. The van der Waals surface area contributed by atoms with E-state index in [-0.39, 0.29) is 11.5 Å². The molecule has 20 heavy (non-hydrogen) atoms. The monoisotopic (exact) mass is 275 g/mol. The molecule has 1 heterocycles. The van der Waals surface area contributed by atoms with Crippen LogP contribution < -0.4 is 5.73 Å². The molecule has 0 aliphatic heterocycles. The van der Waals surface area contributed by atoms with Gasteiger partial charge in [-0.05, 0) is 62.2 Å². The quantitative estimate of drug-likeness (QED) is 0.920. The number of aromatic nitrogens is 2. The van der Waals surface area contributed by atoms with Crippen molar-refractivity contribution in [2.24, 2.45) is 29.4 Å². The molecule has 110 valence electrons. The minimum absolute atomic E-state index is 0.134. The van der Waals surface area contributed by atoms with E-state index in [0.717, 1.165) is 23.6 Å². The Morgan fingerprint density at radius 1 is 1.10 bits per heavy atom. The van der Waals surface area contributed by atoms with Crippen molar-refractivity contribution in [2.45, 2.75) is 63.8 Å². The summed E-state index contributed by atoms with van der Waals surface area (Å²) in [5.41, 5.74) is 6.36. The van der Waals surface area contributed by atoms with Gasteiger partial charge in [-0.1, -0.05) is 19.0 Å². The van der Waals surface area contributed by atoms with Crippen molar-refractivity contribution >= 4 is 0 Å². The Kier molecular flexibility index (Phi) is 2.75. The molecule has 4 aliphatic carbocycles. The Hall–Kier alpha value is -0.900. The van der Waals surface area contributed by atoms with E-state index in [2.05, 4.69) is 19.0 Å². The predicted molar refractivity (Wildman–Crippen MR) is 75.9 cm³/mol. The van der Waals surface area contributed by atoms with Gasteiger partial charge in [-0.3, -0.25) is 0 Å². The second kappa shape index (κ2) is 4.30. The average molecular weight is 275 g/mol. The highest BCUT2D eigenvalue weighted by Crippen LogP contribution is 2.60. The fourth-order valence-corrected chi connectivity index (χ4v) is 5.26. The highest BCUT2D eigenvalue weighted by Gasteiger charge is 2.53. The summed E-state index contributed by atoms with van der Waals surface area (Å²) in [5, 5.41) is 4.34. The number of nitrogens with two attached hydrogens (primary N) is 1. The van der Waals surface area contributed by atoms with Crippen molar-refractivity contribution in [3.8, 4) is 0 Å². The van der Waals surface area contributed by atoms with Crippen LogP contribution in [-0.4, -0.2) is 10.1 Å². The molecule has 1 aromatic rings. The van der Waals surface area contributed by atoms with Gasteiger partial charge in [0.25, 0.3) is 0 Å². The maximum Gasteiger partial charge on any atom is 0.243 e. The first-order valence-corrected chi connectivity index (χ1v) is 8.15. The topological polar surface area (TPSA) is 64.9 Å². The van der Waals surface area contributed by atoms with Gasteiger partial charge in [0, 0.05) is 5.41 Å². The van der Waals surface area contributed by atoms with Crippen LogP contribution in [0.2, 0.25) is 0 Å². The van der Waals surface area contributed by atoms with Crippen LogP contribution in [0.3, 0.4) is 0 Å². The molecule has 4 bridgehead atoms. The fraction of sp³-hybridized carbons (Fsp3) is 0.875. The predicted octanol–water partition coefficient (Wildman–Crippen LogP) is 3.19. The number of rotatable bonds is 3. The van der Waals surface area contributed by atoms with Crippen molar-refractivity contribution in [1.29, 1.82) is 0 Å². The first kappa shape index (κ1) is 12.8. The number of nitrogens with zero attached hydrogens (tertiary/aromatic N) is 2. The summed E-state index contributed by atoms with van der Waals surface area (Å²) in [7, 11) is 0. The number of hydrogen-bond acceptors (Lipinski definition) is 4. The molecule has 4 aliphatic rings. The third kappa shape index (κ3) is 1.84. The normalized spacial score (nSPS) is 40.5. The van der Waals surface area contributed by atoms with Crippen molar-refractivity contribution in [3.63, 3.8) is 0 Å². The van der Waals surface area contributed by atoms with Crippen LogP contribution in [0.25, 0.3) is 0 Å². The summed E-state index contributed by atoms with van der Waals surface area (Å²) in [6.07, 6.45) is 8.14. The molecule has 1 atom stereocenters. The van der Waals surface area contributed by atoms with Gasteiger partial charge in [-0.15, -0.1) is 0 Å². The van der Waals surface area contributed by atoms with Gasteiger partial charge < -0.3 is 10.3 Å². The highest BCUT2D eigenvalue weighted by atomic mass is 16.5. The fourth-order valence-electron chi connectivity index (χ4n) is 5.26. The Balaban J connectivity index is 1.64. The third-order valence-corrected chi connectivity index (χ3v) is 5.96. The van der Waals surface area contributed by atoms with Gasteiger partial charge in [0.1, 0.15) is 0 Å². The SMILES string of the molecule is CC(C)C(N)c1nc(C23CC4CC(CC(C4)C2)C3)no1. The van der Waals surface area contributed by atoms with Gasteiger partial charge in [0.15, 0.2) is 5.82 Å². The van der Waals surface area contributed by atoms with Crippen LogP contribution in [0.15, 0.2) is 4.52 Å². The van der Waals surface area contributed by atoms with Crippen LogP contribution >= 0.6 is 0 Å². The third-order valence-electron chi connectivity index (χ3n) is 5.96. The molecule has 4 nitrogen and oxygen atoms in total. The van der Waals surface area contributed by atoms with Crippen molar-refractivity contribution < 1.29 is 4.52 Å². The first-order valence-electron chi connectivity index (χ1n) is 8.15. The van der Waals surface area contributed by atoms with Crippen LogP contribution in [0, 0.1) is 23.7 Å². The average Bonchev–Trinajstić information content (AvgIpc) is 2.86. The lowest BCUT2D eigenvalue weighted by atomic mass is 9.49. The molecule has 2 N–H and O–H groups in total. The second-order valence-corrected chi connectivity index (χ2v) is 7.92. The molecular weight excluding hydrogens is 250 g/mol. The lowest BCUT2D eigenvalue weighted by molar-refractivity contribution is -0.0103. The largest absolute Gasteiger partial charge is 0.338 e. The molecule has 1 unspecified atom stereocenters. The van der Waals surface area contributed by atoms with Gasteiger partial charge >= 0.3 is 0 Å². The molecule has 4 heteroatoms. The van der Waals surface area contributed by atoms with Gasteiger partial charge in [-0.2, -0.15) is 4.98 Å². The maximum atomic E-state index is 6.15. The van der Waals surface area contributed by atoms with Crippen LogP contribution in [0.4, 0.5) is 0 Å². The summed E-state index contributed by atoms with van der Waals surface area (Å²) < 4.78 is 5.49. The van der Waals surface area contributed by atoms with E-state index in [9.17, 15) is 0 Å². The van der Waals surface area contributed by atoms with E-state index in [0.29, 0.717) is 11.8 Å². The molecule has 0 radical (unpaired) electrons.